The number of rotatable bonds is 7. The molecule has 1 saturated heterocycles. The van der Waals surface area contributed by atoms with E-state index in [2.05, 4.69) is 5.10 Å². The van der Waals surface area contributed by atoms with Crippen molar-refractivity contribution in [2.24, 2.45) is 0 Å². The number of hydrogen-bond acceptors (Lipinski definition) is 4. The highest BCUT2D eigenvalue weighted by Crippen LogP contribution is 2.20. The molecule has 0 radical (unpaired) electrons. The molecule has 23 heavy (non-hydrogen) atoms. The first-order valence-corrected chi connectivity index (χ1v) is 8.73. The fourth-order valence-electron chi connectivity index (χ4n) is 3.00. The zero-order valence-corrected chi connectivity index (χ0v) is 14.7. The van der Waals surface area contributed by atoms with Crippen molar-refractivity contribution in [2.45, 2.75) is 45.8 Å². The van der Waals surface area contributed by atoms with Crippen LogP contribution >= 0.6 is 11.6 Å². The predicted molar refractivity (Wildman–Crippen MR) is 89.0 cm³/mol. The lowest BCUT2D eigenvalue weighted by Crippen LogP contribution is -2.41. The van der Waals surface area contributed by atoms with E-state index in [0.29, 0.717) is 44.1 Å². The van der Waals surface area contributed by atoms with E-state index in [1.807, 2.05) is 18.7 Å². The van der Waals surface area contributed by atoms with E-state index in [1.165, 1.54) is 0 Å². The van der Waals surface area contributed by atoms with Gasteiger partial charge in [0.1, 0.15) is 0 Å². The summed E-state index contributed by atoms with van der Waals surface area (Å²) in [7, 11) is 0. The summed E-state index contributed by atoms with van der Waals surface area (Å²) in [5.74, 6) is 0.529. The molecule has 0 spiro atoms. The Morgan fingerprint density at radius 1 is 1.39 bits per heavy atom. The Hall–Kier alpha value is -1.11. The van der Waals surface area contributed by atoms with Gasteiger partial charge in [-0.05, 0) is 33.1 Å². The molecule has 1 aliphatic heterocycles. The molecule has 2 rings (SSSR count). The van der Waals surface area contributed by atoms with Crippen molar-refractivity contribution in [1.82, 2.24) is 14.7 Å². The Kier molecular flexibility index (Phi) is 6.87. The molecule has 7 heteroatoms. The maximum atomic E-state index is 12.8. The molecule has 130 valence electrons. The zero-order valence-electron chi connectivity index (χ0n) is 13.9. The van der Waals surface area contributed by atoms with Crippen molar-refractivity contribution < 1.29 is 14.6 Å². The number of piperidine rings is 1. The maximum Gasteiger partial charge on any atom is 0.257 e. The molecule has 0 aliphatic carbocycles. The number of amides is 1. The average molecular weight is 344 g/mol. The van der Waals surface area contributed by atoms with E-state index in [9.17, 15) is 4.79 Å². The summed E-state index contributed by atoms with van der Waals surface area (Å²) >= 11 is 5.78. The molecule has 1 aliphatic rings. The van der Waals surface area contributed by atoms with E-state index in [4.69, 9.17) is 21.4 Å². The van der Waals surface area contributed by atoms with Crippen LogP contribution in [-0.2, 0) is 11.3 Å². The molecule has 0 bridgehead atoms. The fraction of sp³-hybridized carbons (Fsp3) is 0.750. The molecule has 1 N–H and O–H groups in total. The van der Waals surface area contributed by atoms with Gasteiger partial charge in [0.2, 0.25) is 0 Å². The second-order valence-electron chi connectivity index (χ2n) is 5.90. The van der Waals surface area contributed by atoms with E-state index < -0.39 is 0 Å². The van der Waals surface area contributed by atoms with Crippen LogP contribution in [0.2, 0.25) is 0 Å². The number of carbonyl (C=O) groups excluding carboxylic acids is 1. The number of hydrogen-bond donors (Lipinski definition) is 1. The van der Waals surface area contributed by atoms with Gasteiger partial charge in [0, 0.05) is 37.9 Å². The summed E-state index contributed by atoms with van der Waals surface area (Å²) in [5.41, 5.74) is 2.35. The number of likely N-dealkylation sites (tertiary alicyclic amines) is 1. The van der Waals surface area contributed by atoms with Crippen molar-refractivity contribution in [3.8, 4) is 0 Å². The SMILES string of the molecule is Cc1nn(CCCl)c(C)c1C(=O)N1CCC(OCCCO)CC1. The van der Waals surface area contributed by atoms with Crippen LogP contribution in [0.25, 0.3) is 0 Å². The summed E-state index contributed by atoms with van der Waals surface area (Å²) in [6, 6.07) is 0. The van der Waals surface area contributed by atoms with E-state index in [1.54, 1.807) is 4.68 Å². The van der Waals surface area contributed by atoms with Crippen LogP contribution in [0.15, 0.2) is 0 Å². The van der Waals surface area contributed by atoms with Crippen LogP contribution in [0.1, 0.15) is 41.0 Å². The third-order valence-electron chi connectivity index (χ3n) is 4.28. The van der Waals surface area contributed by atoms with Gasteiger partial charge in [-0.25, -0.2) is 0 Å². The summed E-state index contributed by atoms with van der Waals surface area (Å²) in [5, 5.41) is 13.2. The van der Waals surface area contributed by atoms with Gasteiger partial charge in [-0.3, -0.25) is 9.48 Å². The summed E-state index contributed by atoms with van der Waals surface area (Å²) in [4.78, 5) is 14.7. The Balaban J connectivity index is 1.95. The van der Waals surface area contributed by atoms with E-state index in [-0.39, 0.29) is 18.6 Å². The van der Waals surface area contributed by atoms with Crippen LogP contribution in [0, 0.1) is 13.8 Å². The largest absolute Gasteiger partial charge is 0.396 e. The maximum absolute atomic E-state index is 12.8. The number of aromatic nitrogens is 2. The number of ether oxygens (including phenoxy) is 1. The molecule has 0 aromatic carbocycles. The van der Waals surface area contributed by atoms with Gasteiger partial charge in [0.15, 0.2) is 0 Å². The highest BCUT2D eigenvalue weighted by molar-refractivity contribution is 6.17. The molecule has 1 fully saturated rings. The topological polar surface area (TPSA) is 67.6 Å². The second-order valence-corrected chi connectivity index (χ2v) is 6.28. The molecular weight excluding hydrogens is 318 g/mol. The third-order valence-corrected chi connectivity index (χ3v) is 4.45. The van der Waals surface area contributed by atoms with Crippen LogP contribution in [-0.4, -0.2) is 64.0 Å². The van der Waals surface area contributed by atoms with Crippen LogP contribution in [0.4, 0.5) is 0 Å². The summed E-state index contributed by atoms with van der Waals surface area (Å²) in [6.07, 6.45) is 2.53. The van der Waals surface area contributed by atoms with E-state index >= 15 is 0 Å². The standard InChI is InChI=1S/C16H26ClN3O3/c1-12-15(13(2)20(18-12)9-6-17)16(22)19-7-4-14(5-8-19)23-11-3-10-21/h14,21H,3-11H2,1-2H3. The Labute approximate surface area is 142 Å². The minimum atomic E-state index is 0.0506. The number of aryl methyl sites for hydroxylation is 2. The lowest BCUT2D eigenvalue weighted by atomic mass is 10.1. The number of aliphatic hydroxyl groups excluding tert-OH is 1. The smallest absolute Gasteiger partial charge is 0.257 e. The lowest BCUT2D eigenvalue weighted by molar-refractivity contribution is 0.00394. The molecule has 1 aromatic rings. The molecule has 1 amide bonds. The van der Waals surface area contributed by atoms with Gasteiger partial charge in [-0.1, -0.05) is 0 Å². The number of alkyl halides is 1. The number of nitrogens with zero attached hydrogens (tertiary/aromatic N) is 3. The minimum absolute atomic E-state index is 0.0506. The van der Waals surface area contributed by atoms with Gasteiger partial charge >= 0.3 is 0 Å². The molecular formula is C16H26ClN3O3. The highest BCUT2D eigenvalue weighted by Gasteiger charge is 2.27. The number of carbonyl (C=O) groups is 1. The second kappa shape index (κ2) is 8.66. The van der Waals surface area contributed by atoms with Crippen molar-refractivity contribution in [3.05, 3.63) is 17.0 Å². The molecule has 1 aromatic heterocycles. The predicted octanol–water partition coefficient (Wildman–Crippen LogP) is 1.74. The van der Waals surface area contributed by atoms with Crippen molar-refractivity contribution in [3.63, 3.8) is 0 Å². The molecule has 6 nitrogen and oxygen atoms in total. The van der Waals surface area contributed by atoms with Gasteiger partial charge in [-0.15, -0.1) is 11.6 Å². The quantitative estimate of drug-likeness (QED) is 0.605. The number of aliphatic hydroxyl groups is 1. The van der Waals surface area contributed by atoms with Crippen LogP contribution < -0.4 is 0 Å². The Bertz CT molecular complexity index is 525. The zero-order chi connectivity index (χ0) is 16.8. The Morgan fingerprint density at radius 3 is 2.70 bits per heavy atom. The summed E-state index contributed by atoms with van der Waals surface area (Å²) < 4.78 is 7.52. The van der Waals surface area contributed by atoms with Gasteiger partial charge in [-0.2, -0.15) is 5.10 Å². The molecule has 2 heterocycles. The first-order chi connectivity index (χ1) is 11.1. The van der Waals surface area contributed by atoms with E-state index in [0.717, 1.165) is 24.2 Å². The van der Waals surface area contributed by atoms with Gasteiger partial charge in [0.05, 0.1) is 23.9 Å². The number of halogens is 1. The Morgan fingerprint density at radius 2 is 2.09 bits per heavy atom. The first-order valence-electron chi connectivity index (χ1n) is 8.20. The first kappa shape index (κ1) is 18.2. The monoisotopic (exact) mass is 343 g/mol. The third kappa shape index (κ3) is 4.46. The van der Waals surface area contributed by atoms with Crippen LogP contribution in [0.3, 0.4) is 0 Å². The van der Waals surface area contributed by atoms with Crippen molar-refractivity contribution >= 4 is 17.5 Å². The molecule has 0 atom stereocenters. The van der Waals surface area contributed by atoms with Crippen LogP contribution in [0.5, 0.6) is 0 Å². The lowest BCUT2D eigenvalue weighted by Gasteiger charge is -2.32. The van der Waals surface area contributed by atoms with Crippen molar-refractivity contribution in [2.75, 3.05) is 32.2 Å². The average Bonchev–Trinajstić information content (AvgIpc) is 2.82. The normalized spacial score (nSPS) is 16.1. The minimum Gasteiger partial charge on any atom is -0.396 e. The highest BCUT2D eigenvalue weighted by atomic mass is 35.5. The molecule has 0 unspecified atom stereocenters. The van der Waals surface area contributed by atoms with Gasteiger partial charge in [0.25, 0.3) is 5.91 Å². The molecule has 0 saturated carbocycles. The van der Waals surface area contributed by atoms with Gasteiger partial charge < -0.3 is 14.7 Å². The van der Waals surface area contributed by atoms with Crippen molar-refractivity contribution in [1.29, 1.82) is 0 Å². The fourth-order valence-corrected chi connectivity index (χ4v) is 3.16. The summed E-state index contributed by atoms with van der Waals surface area (Å²) in [6.45, 7) is 6.54.